The molecule has 0 aliphatic heterocycles. The van der Waals surface area contributed by atoms with Crippen molar-refractivity contribution < 1.29 is 9.42 Å². The van der Waals surface area contributed by atoms with E-state index in [1.807, 2.05) is 6.92 Å². The van der Waals surface area contributed by atoms with E-state index in [2.05, 4.69) is 12.2 Å². The van der Waals surface area contributed by atoms with Crippen molar-refractivity contribution in [3.05, 3.63) is 0 Å². The molecule has 1 unspecified atom stereocenters. The molecule has 5 heteroatoms. The molecule has 0 amide bonds. The summed E-state index contributed by atoms with van der Waals surface area (Å²) in [6, 6.07) is 0. The van der Waals surface area contributed by atoms with Gasteiger partial charge >= 0.3 is 0 Å². The molecule has 0 spiro atoms. The lowest BCUT2D eigenvalue weighted by Crippen LogP contribution is -2.29. The van der Waals surface area contributed by atoms with E-state index in [1.165, 1.54) is 19.3 Å². The van der Waals surface area contributed by atoms with Crippen molar-refractivity contribution in [3.8, 4) is 0 Å². The Kier molecular flexibility index (Phi) is 3.64. The second-order valence-electron chi connectivity index (χ2n) is 3.59. The van der Waals surface area contributed by atoms with Gasteiger partial charge in [-0.3, -0.25) is 0 Å². The zero-order valence-electron chi connectivity index (χ0n) is 7.19. The van der Waals surface area contributed by atoms with Crippen LogP contribution in [0.2, 0.25) is 0 Å². The van der Waals surface area contributed by atoms with Crippen LogP contribution in [-0.4, -0.2) is 10.5 Å². The topological polar surface area (TPSA) is 29.5 Å². The van der Waals surface area contributed by atoms with Gasteiger partial charge in [-0.15, -0.1) is 0 Å². The van der Waals surface area contributed by atoms with Crippen molar-refractivity contribution in [1.82, 2.24) is 0 Å². The van der Waals surface area contributed by atoms with Gasteiger partial charge < -0.3 is 9.42 Å². The molecule has 0 saturated heterocycles. The maximum absolute atomic E-state index is 9.30. The van der Waals surface area contributed by atoms with Crippen LogP contribution in [0.5, 0.6) is 0 Å². The molecule has 2 nitrogen and oxygen atoms in total. The molecule has 0 radical (unpaired) electrons. The van der Waals surface area contributed by atoms with E-state index in [4.69, 9.17) is 16.3 Å². The highest BCUT2D eigenvalue weighted by Crippen LogP contribution is 2.53. The summed E-state index contributed by atoms with van der Waals surface area (Å²) < 4.78 is 5.41. The van der Waals surface area contributed by atoms with Crippen LogP contribution >= 0.6 is 17.9 Å². The minimum Gasteiger partial charge on any atom is -0.338 e. The maximum Gasteiger partial charge on any atom is 0.242 e. The van der Waals surface area contributed by atoms with Gasteiger partial charge in [0.2, 0.25) is 5.69 Å². The first-order valence-corrected chi connectivity index (χ1v) is 8.00. The lowest BCUT2D eigenvalue weighted by Gasteiger charge is -2.34. The number of thiol groups is 1. The molecule has 0 heterocycles. The summed E-state index contributed by atoms with van der Waals surface area (Å²) in [6.45, 7) is 2.01. The normalized spacial score (nSPS) is 27.9. The number of hydrogen-bond donors (Lipinski definition) is 2. The first-order chi connectivity index (χ1) is 5.41. The Morgan fingerprint density at radius 1 is 1.42 bits per heavy atom. The number of hydrogen-bond acceptors (Lipinski definition) is 2. The Morgan fingerprint density at radius 2 is 1.92 bits per heavy atom. The lowest BCUT2D eigenvalue weighted by atomic mass is 9.87. The Labute approximate surface area is 84.0 Å². The van der Waals surface area contributed by atoms with E-state index < -0.39 is 5.69 Å². The molecule has 0 aromatic rings. The molecule has 1 saturated carbocycles. The van der Waals surface area contributed by atoms with Crippen molar-refractivity contribution in [2.24, 2.45) is 0 Å². The van der Waals surface area contributed by atoms with Crippen molar-refractivity contribution >= 4 is 29.7 Å². The summed E-state index contributed by atoms with van der Waals surface area (Å²) in [6.07, 6.45) is 5.58. The zero-order chi connectivity index (χ0) is 9.24. The maximum atomic E-state index is 9.30. The summed E-state index contributed by atoms with van der Waals surface area (Å²) in [4.78, 5) is 9.30. The first-order valence-electron chi connectivity index (χ1n) is 4.18. The van der Waals surface area contributed by atoms with Crippen LogP contribution in [0.15, 0.2) is 0 Å². The van der Waals surface area contributed by atoms with Crippen LogP contribution in [0.25, 0.3) is 0 Å². The van der Waals surface area contributed by atoms with E-state index >= 15 is 0 Å². The van der Waals surface area contributed by atoms with E-state index in [0.717, 1.165) is 12.8 Å². The Morgan fingerprint density at radius 3 is 2.33 bits per heavy atom. The summed E-state index contributed by atoms with van der Waals surface area (Å²) >= 11 is 8.62. The van der Waals surface area contributed by atoms with Gasteiger partial charge in [0, 0.05) is 0 Å². The van der Waals surface area contributed by atoms with Crippen LogP contribution in [0.3, 0.4) is 0 Å². The van der Waals surface area contributed by atoms with Gasteiger partial charge in [0.05, 0.1) is 5.60 Å². The molecule has 0 aromatic heterocycles. The van der Waals surface area contributed by atoms with E-state index in [-0.39, 0.29) is 5.60 Å². The molecule has 1 rings (SSSR count). The van der Waals surface area contributed by atoms with Crippen LogP contribution in [0.1, 0.15) is 39.0 Å². The third-order valence-corrected chi connectivity index (χ3v) is 3.40. The fourth-order valence-electron chi connectivity index (χ4n) is 1.68. The molecule has 1 fully saturated rings. The van der Waals surface area contributed by atoms with Gasteiger partial charge in [-0.1, -0.05) is 31.5 Å². The fourth-order valence-corrected chi connectivity index (χ4v) is 3.57. The first kappa shape index (κ1) is 11.0. The molecule has 72 valence electrons. The Balaban J connectivity index is 2.53. The minimum atomic E-state index is -2.77. The molecule has 0 bridgehead atoms. The third kappa shape index (κ3) is 3.75. The SMILES string of the molecule is CC1(OP(O)(=S)S)CCCCC1. The van der Waals surface area contributed by atoms with Crippen LogP contribution < -0.4 is 0 Å². The Bertz CT molecular complexity index is 196. The monoisotopic (exact) mass is 226 g/mol. The predicted octanol–water partition coefficient (Wildman–Crippen LogP) is 2.87. The van der Waals surface area contributed by atoms with Gasteiger partial charge in [-0.05, 0) is 31.6 Å². The lowest BCUT2D eigenvalue weighted by molar-refractivity contribution is 0.0543. The highest BCUT2D eigenvalue weighted by Gasteiger charge is 2.31. The molecule has 1 atom stereocenters. The number of rotatable bonds is 2. The molecular weight excluding hydrogens is 211 g/mol. The average molecular weight is 226 g/mol. The fraction of sp³-hybridized carbons (Fsp3) is 1.00. The minimum absolute atomic E-state index is 0.218. The van der Waals surface area contributed by atoms with E-state index in [0.29, 0.717) is 0 Å². The molecule has 1 aliphatic carbocycles. The highest BCUT2D eigenvalue weighted by atomic mass is 32.9. The van der Waals surface area contributed by atoms with Gasteiger partial charge in [-0.2, -0.15) is 0 Å². The summed E-state index contributed by atoms with van der Waals surface area (Å²) in [5, 5.41) is 0. The van der Waals surface area contributed by atoms with E-state index in [9.17, 15) is 4.89 Å². The zero-order valence-corrected chi connectivity index (χ0v) is 9.80. The van der Waals surface area contributed by atoms with Crippen molar-refractivity contribution in [2.45, 2.75) is 44.6 Å². The summed E-state index contributed by atoms with van der Waals surface area (Å²) in [7, 11) is 0. The molecule has 0 aromatic carbocycles. The van der Waals surface area contributed by atoms with Crippen molar-refractivity contribution in [1.29, 1.82) is 0 Å². The van der Waals surface area contributed by atoms with Crippen molar-refractivity contribution in [2.75, 3.05) is 0 Å². The van der Waals surface area contributed by atoms with Gasteiger partial charge in [0.1, 0.15) is 0 Å². The highest BCUT2D eigenvalue weighted by molar-refractivity contribution is 8.59. The van der Waals surface area contributed by atoms with Gasteiger partial charge in [-0.25, -0.2) is 0 Å². The second kappa shape index (κ2) is 3.97. The largest absolute Gasteiger partial charge is 0.338 e. The average Bonchev–Trinajstić information content (AvgIpc) is 1.83. The van der Waals surface area contributed by atoms with Crippen molar-refractivity contribution in [3.63, 3.8) is 0 Å². The Hall–Kier alpha value is 0.920. The second-order valence-corrected chi connectivity index (χ2v) is 8.68. The summed E-state index contributed by atoms with van der Waals surface area (Å²) in [5.74, 6) is 0. The van der Waals surface area contributed by atoms with Gasteiger partial charge in [0.25, 0.3) is 0 Å². The molecule has 1 aliphatic rings. The quantitative estimate of drug-likeness (QED) is 0.560. The molecule has 12 heavy (non-hydrogen) atoms. The predicted molar refractivity (Wildman–Crippen MR) is 58.1 cm³/mol. The third-order valence-electron chi connectivity index (χ3n) is 2.25. The summed E-state index contributed by atoms with van der Waals surface area (Å²) in [5.41, 5.74) is -2.99. The van der Waals surface area contributed by atoms with Gasteiger partial charge in [0.15, 0.2) is 0 Å². The van der Waals surface area contributed by atoms with Crippen LogP contribution in [0.4, 0.5) is 0 Å². The standard InChI is InChI=1S/C7H15O2PS2/c1-7(9-10(8,11)12)5-3-2-4-6-7/h2-6H2,1H3,(H2,8,11,12). The van der Waals surface area contributed by atoms with Crippen LogP contribution in [0, 0.1) is 0 Å². The molecular formula is C7H15O2PS2. The van der Waals surface area contributed by atoms with Crippen LogP contribution in [-0.2, 0) is 16.3 Å². The molecule has 1 N–H and O–H groups in total. The van der Waals surface area contributed by atoms with E-state index in [1.54, 1.807) is 0 Å². The smallest absolute Gasteiger partial charge is 0.242 e.